The number of hydrogen-bond acceptors (Lipinski definition) is 4. The van der Waals surface area contributed by atoms with Crippen molar-refractivity contribution in [1.29, 1.82) is 0 Å². The lowest BCUT2D eigenvalue weighted by Crippen LogP contribution is -1.99. The number of hydrogen-bond donors (Lipinski definition) is 0. The van der Waals surface area contributed by atoms with Crippen molar-refractivity contribution < 1.29 is 13.3 Å². The van der Waals surface area contributed by atoms with Gasteiger partial charge in [0.25, 0.3) is 5.69 Å². The van der Waals surface area contributed by atoms with Gasteiger partial charge in [0.05, 0.1) is 9.82 Å². The molecule has 6 heteroatoms. The first-order chi connectivity index (χ1) is 6.32. The number of nitrogens with zero attached hydrogens (tertiary/aromatic N) is 1. The standard InChI is InChI=1S/C8H9NO4S/c1-6-5-7(14(2,12)13)3-4-8(6)9(10)11/h3-5H,1-2H3. The molecule has 0 spiro atoms. The van der Waals surface area contributed by atoms with E-state index in [9.17, 15) is 18.5 Å². The van der Waals surface area contributed by atoms with Crippen LogP contribution in [0.1, 0.15) is 5.56 Å². The van der Waals surface area contributed by atoms with Crippen LogP contribution >= 0.6 is 0 Å². The summed E-state index contributed by atoms with van der Waals surface area (Å²) in [6.45, 7) is 1.51. The van der Waals surface area contributed by atoms with Crippen LogP contribution in [0.4, 0.5) is 5.69 Å². The molecule has 0 radical (unpaired) electrons. The SMILES string of the molecule is Cc1cc(S(C)(=O)=O)ccc1[N+](=O)[O-]. The van der Waals surface area contributed by atoms with Crippen LogP contribution < -0.4 is 0 Å². The van der Waals surface area contributed by atoms with Crippen LogP contribution in [0, 0.1) is 17.0 Å². The Bertz CT molecular complexity index is 478. The van der Waals surface area contributed by atoms with Crippen LogP contribution in [0.3, 0.4) is 0 Å². The van der Waals surface area contributed by atoms with E-state index in [0.29, 0.717) is 5.56 Å². The highest BCUT2D eigenvalue weighted by Gasteiger charge is 2.14. The van der Waals surface area contributed by atoms with E-state index in [-0.39, 0.29) is 10.6 Å². The Hall–Kier alpha value is -1.43. The van der Waals surface area contributed by atoms with E-state index in [4.69, 9.17) is 0 Å². The highest BCUT2D eigenvalue weighted by molar-refractivity contribution is 7.90. The molecule has 0 aliphatic rings. The van der Waals surface area contributed by atoms with Gasteiger partial charge in [0.2, 0.25) is 0 Å². The van der Waals surface area contributed by atoms with Crippen molar-refractivity contribution in [3.8, 4) is 0 Å². The molecule has 0 aliphatic heterocycles. The largest absolute Gasteiger partial charge is 0.272 e. The molecule has 0 fully saturated rings. The maximum absolute atomic E-state index is 11.1. The van der Waals surface area contributed by atoms with Gasteiger partial charge in [-0.15, -0.1) is 0 Å². The molecule has 1 rings (SSSR count). The Kier molecular flexibility index (Phi) is 2.57. The minimum atomic E-state index is -3.29. The highest BCUT2D eigenvalue weighted by atomic mass is 32.2. The zero-order valence-corrected chi connectivity index (χ0v) is 8.54. The van der Waals surface area contributed by atoms with E-state index in [0.717, 1.165) is 6.26 Å². The zero-order chi connectivity index (χ0) is 10.9. The van der Waals surface area contributed by atoms with Crippen LogP contribution in [0.15, 0.2) is 23.1 Å². The molecular formula is C8H9NO4S. The molecule has 1 aromatic rings. The van der Waals surface area contributed by atoms with Crippen LogP contribution in [0.25, 0.3) is 0 Å². The summed E-state index contributed by atoms with van der Waals surface area (Å²) in [5.41, 5.74) is 0.273. The maximum Gasteiger partial charge on any atom is 0.272 e. The number of nitro benzene ring substituents is 1. The monoisotopic (exact) mass is 215 g/mol. The van der Waals surface area contributed by atoms with Gasteiger partial charge in [0.15, 0.2) is 9.84 Å². The Labute approximate surface area is 81.4 Å². The lowest BCUT2D eigenvalue weighted by Gasteiger charge is -2.00. The fourth-order valence-corrected chi connectivity index (χ4v) is 1.77. The molecule has 0 atom stereocenters. The topological polar surface area (TPSA) is 77.3 Å². The van der Waals surface area contributed by atoms with Crippen molar-refractivity contribution in [2.75, 3.05) is 6.26 Å². The van der Waals surface area contributed by atoms with E-state index in [1.54, 1.807) is 0 Å². The Morgan fingerprint density at radius 1 is 1.36 bits per heavy atom. The highest BCUT2D eigenvalue weighted by Crippen LogP contribution is 2.21. The van der Waals surface area contributed by atoms with Crippen molar-refractivity contribution in [1.82, 2.24) is 0 Å². The first-order valence-corrected chi connectivity index (χ1v) is 5.66. The minimum Gasteiger partial charge on any atom is -0.258 e. The molecule has 0 aliphatic carbocycles. The van der Waals surface area contributed by atoms with Crippen LogP contribution in [-0.4, -0.2) is 19.6 Å². The number of rotatable bonds is 2. The summed E-state index contributed by atoms with van der Waals surface area (Å²) in [5, 5.41) is 10.4. The number of benzene rings is 1. The van der Waals surface area contributed by atoms with Crippen molar-refractivity contribution in [3.05, 3.63) is 33.9 Å². The minimum absolute atomic E-state index is 0.0719. The second kappa shape index (κ2) is 3.38. The van der Waals surface area contributed by atoms with E-state index >= 15 is 0 Å². The maximum atomic E-state index is 11.1. The van der Waals surface area contributed by atoms with Gasteiger partial charge in [0, 0.05) is 17.9 Å². The normalized spacial score (nSPS) is 11.3. The molecular weight excluding hydrogens is 206 g/mol. The molecule has 14 heavy (non-hydrogen) atoms. The Balaban J connectivity index is 3.34. The van der Waals surface area contributed by atoms with Crippen LogP contribution in [-0.2, 0) is 9.84 Å². The summed E-state index contributed by atoms with van der Waals surface area (Å²) in [5.74, 6) is 0. The van der Waals surface area contributed by atoms with Gasteiger partial charge < -0.3 is 0 Å². The Morgan fingerprint density at radius 3 is 2.29 bits per heavy atom. The summed E-state index contributed by atoms with van der Waals surface area (Å²) in [6, 6.07) is 3.74. The number of aryl methyl sites for hydroxylation is 1. The third kappa shape index (κ3) is 2.08. The van der Waals surface area contributed by atoms with E-state index in [1.807, 2.05) is 0 Å². The molecule has 0 aromatic heterocycles. The van der Waals surface area contributed by atoms with Gasteiger partial charge in [-0.05, 0) is 19.1 Å². The van der Waals surface area contributed by atoms with E-state index in [1.165, 1.54) is 25.1 Å². The number of sulfone groups is 1. The van der Waals surface area contributed by atoms with Crippen LogP contribution in [0.2, 0.25) is 0 Å². The molecule has 0 N–H and O–H groups in total. The van der Waals surface area contributed by atoms with Crippen LogP contribution in [0.5, 0.6) is 0 Å². The molecule has 0 saturated carbocycles. The first-order valence-electron chi connectivity index (χ1n) is 3.77. The number of nitro groups is 1. The second-order valence-electron chi connectivity index (χ2n) is 2.98. The molecule has 76 valence electrons. The van der Waals surface area contributed by atoms with E-state index in [2.05, 4.69) is 0 Å². The summed E-state index contributed by atoms with van der Waals surface area (Å²) in [7, 11) is -3.29. The fraction of sp³-hybridized carbons (Fsp3) is 0.250. The van der Waals surface area contributed by atoms with Gasteiger partial charge in [-0.25, -0.2) is 8.42 Å². The van der Waals surface area contributed by atoms with Gasteiger partial charge in [-0.1, -0.05) is 0 Å². The third-order valence-electron chi connectivity index (χ3n) is 1.79. The van der Waals surface area contributed by atoms with Gasteiger partial charge in [-0.2, -0.15) is 0 Å². The Morgan fingerprint density at radius 2 is 1.93 bits per heavy atom. The van der Waals surface area contributed by atoms with Crippen molar-refractivity contribution in [2.24, 2.45) is 0 Å². The fourth-order valence-electron chi connectivity index (χ4n) is 1.06. The zero-order valence-electron chi connectivity index (χ0n) is 7.72. The molecule has 0 amide bonds. The first kappa shape index (κ1) is 10.6. The summed E-state index contributed by atoms with van der Waals surface area (Å²) < 4.78 is 22.2. The molecule has 5 nitrogen and oxygen atoms in total. The summed E-state index contributed by atoms with van der Waals surface area (Å²) in [4.78, 5) is 10.00. The van der Waals surface area contributed by atoms with Gasteiger partial charge >= 0.3 is 0 Å². The van der Waals surface area contributed by atoms with Crippen molar-refractivity contribution in [2.45, 2.75) is 11.8 Å². The average molecular weight is 215 g/mol. The van der Waals surface area contributed by atoms with Crippen molar-refractivity contribution in [3.63, 3.8) is 0 Å². The lowest BCUT2D eigenvalue weighted by molar-refractivity contribution is -0.385. The third-order valence-corrected chi connectivity index (χ3v) is 2.90. The lowest BCUT2D eigenvalue weighted by atomic mass is 10.2. The molecule has 0 bridgehead atoms. The predicted molar refractivity (Wildman–Crippen MR) is 50.9 cm³/mol. The summed E-state index contributed by atoms with van der Waals surface area (Å²) >= 11 is 0. The molecule has 1 aromatic carbocycles. The summed E-state index contributed by atoms with van der Waals surface area (Å²) in [6.07, 6.45) is 1.06. The van der Waals surface area contributed by atoms with Crippen molar-refractivity contribution >= 4 is 15.5 Å². The molecule has 0 heterocycles. The van der Waals surface area contributed by atoms with E-state index < -0.39 is 14.8 Å². The molecule has 0 unspecified atom stereocenters. The quantitative estimate of drug-likeness (QED) is 0.550. The average Bonchev–Trinajstić information content (AvgIpc) is 2.01. The second-order valence-corrected chi connectivity index (χ2v) is 4.99. The smallest absolute Gasteiger partial charge is 0.258 e. The predicted octanol–water partition coefficient (Wildman–Crippen LogP) is 1.31. The van der Waals surface area contributed by atoms with Gasteiger partial charge in [-0.3, -0.25) is 10.1 Å². The molecule has 0 saturated heterocycles. The van der Waals surface area contributed by atoms with Gasteiger partial charge in [0.1, 0.15) is 0 Å².